The van der Waals surface area contributed by atoms with Gasteiger partial charge in [0.2, 0.25) is 0 Å². The van der Waals surface area contributed by atoms with E-state index in [4.69, 9.17) is 26.4 Å². The number of pyridine rings is 1. The molecule has 0 atom stereocenters. The van der Waals surface area contributed by atoms with E-state index in [1.54, 1.807) is 38.9 Å². The van der Waals surface area contributed by atoms with Crippen LogP contribution in [0.1, 0.15) is 42.0 Å². The monoisotopic (exact) mass is 570 g/mol. The van der Waals surface area contributed by atoms with Crippen LogP contribution in [0.15, 0.2) is 27.9 Å². The highest BCUT2D eigenvalue weighted by Crippen LogP contribution is 2.35. The van der Waals surface area contributed by atoms with Crippen molar-refractivity contribution in [2.45, 2.75) is 39.7 Å². The van der Waals surface area contributed by atoms with E-state index in [1.165, 1.54) is 16.7 Å². The Bertz CT molecular complexity index is 1360. The number of unbranched alkanes of at least 4 members (excludes halogenated alkanes) is 1. The highest BCUT2D eigenvalue weighted by Gasteiger charge is 2.32. The molecule has 0 aliphatic carbocycles. The van der Waals surface area contributed by atoms with Crippen LogP contribution in [0.2, 0.25) is 0 Å². The van der Waals surface area contributed by atoms with Crippen molar-refractivity contribution < 1.29 is 19.0 Å². The van der Waals surface area contributed by atoms with E-state index in [9.17, 15) is 14.9 Å². The van der Waals surface area contributed by atoms with Gasteiger partial charge in [-0.05, 0) is 49.1 Å². The lowest BCUT2D eigenvalue weighted by Gasteiger charge is -2.20. The van der Waals surface area contributed by atoms with Gasteiger partial charge in [0, 0.05) is 25.8 Å². The van der Waals surface area contributed by atoms with Crippen molar-refractivity contribution in [1.29, 1.82) is 5.26 Å². The molecule has 39 heavy (non-hydrogen) atoms. The zero-order chi connectivity index (χ0) is 28.5. The normalized spacial score (nSPS) is 14.2. The summed E-state index contributed by atoms with van der Waals surface area (Å²) in [6.45, 7) is 5.44. The Morgan fingerprint density at radius 1 is 1.15 bits per heavy atom. The Labute approximate surface area is 238 Å². The summed E-state index contributed by atoms with van der Waals surface area (Å²) in [6.07, 6.45) is 4.01. The number of rotatable bonds is 13. The number of nitrogens with one attached hydrogen (secondary N) is 1. The lowest BCUT2D eigenvalue weighted by Crippen LogP contribution is -2.31. The minimum Gasteiger partial charge on any atom is -0.493 e. The number of nitrogens with zero attached hydrogens (tertiary/aromatic N) is 3. The summed E-state index contributed by atoms with van der Waals surface area (Å²) in [6, 6.07) is 7.81. The van der Waals surface area contributed by atoms with Crippen molar-refractivity contribution in [2.24, 2.45) is 0 Å². The molecule has 1 amide bonds. The highest BCUT2D eigenvalue weighted by molar-refractivity contribution is 8.26. The van der Waals surface area contributed by atoms with Gasteiger partial charge in [-0.15, -0.1) is 0 Å². The minimum atomic E-state index is -0.345. The number of hydrogen-bond donors (Lipinski definition) is 1. The predicted molar refractivity (Wildman–Crippen MR) is 159 cm³/mol. The first-order valence-corrected chi connectivity index (χ1v) is 13.9. The Kier molecular flexibility index (Phi) is 11.0. The molecular weight excluding hydrogens is 536 g/mol. The number of ether oxygens (including phenoxy) is 3. The molecule has 11 heteroatoms. The zero-order valence-electron chi connectivity index (χ0n) is 23.0. The van der Waals surface area contributed by atoms with Gasteiger partial charge in [-0.3, -0.25) is 19.1 Å². The third-order valence-corrected chi connectivity index (χ3v) is 7.81. The molecule has 1 fully saturated rings. The van der Waals surface area contributed by atoms with Crippen molar-refractivity contribution >= 4 is 46.1 Å². The highest BCUT2D eigenvalue weighted by atomic mass is 32.2. The van der Waals surface area contributed by atoms with Gasteiger partial charge >= 0.3 is 0 Å². The summed E-state index contributed by atoms with van der Waals surface area (Å²) < 4.78 is 17.9. The fourth-order valence-electron chi connectivity index (χ4n) is 4.25. The fraction of sp³-hybridized carbons (Fsp3) is 0.429. The molecule has 0 spiro atoms. The molecule has 3 rings (SSSR count). The first kappa shape index (κ1) is 30.2. The molecule has 0 radical (unpaired) electrons. The van der Waals surface area contributed by atoms with Crippen LogP contribution in [0.3, 0.4) is 0 Å². The predicted octanol–water partition coefficient (Wildman–Crippen LogP) is 4.35. The van der Waals surface area contributed by atoms with Crippen molar-refractivity contribution in [3.05, 3.63) is 55.7 Å². The number of anilines is 1. The quantitative estimate of drug-likeness (QED) is 0.278. The minimum absolute atomic E-state index is 0.0673. The summed E-state index contributed by atoms with van der Waals surface area (Å²) in [7, 11) is 4.75. The number of benzene rings is 1. The van der Waals surface area contributed by atoms with Crippen molar-refractivity contribution in [3.8, 4) is 17.6 Å². The van der Waals surface area contributed by atoms with Gasteiger partial charge in [0.1, 0.15) is 21.8 Å². The topological polar surface area (TPSA) is 106 Å². The van der Waals surface area contributed by atoms with Crippen LogP contribution < -0.4 is 20.3 Å². The molecule has 0 bridgehead atoms. The fourth-order valence-corrected chi connectivity index (χ4v) is 5.54. The largest absolute Gasteiger partial charge is 0.493 e. The summed E-state index contributed by atoms with van der Waals surface area (Å²) in [4.78, 5) is 28.4. The van der Waals surface area contributed by atoms with E-state index in [1.807, 2.05) is 25.1 Å². The Balaban J connectivity index is 2.04. The lowest BCUT2D eigenvalue weighted by atomic mass is 10.0. The SMILES string of the molecule is CCCCn1c(NCCc2ccc(OC)c(OC)c2)c(/C=C2/SC(=S)N(CCOC)C2=O)c(C)c(C#N)c1=O. The Hall–Kier alpha value is -3.33. The summed E-state index contributed by atoms with van der Waals surface area (Å²) in [5.74, 6) is 1.64. The number of thiocarbonyl (C=S) groups is 1. The Morgan fingerprint density at radius 2 is 1.90 bits per heavy atom. The maximum absolute atomic E-state index is 13.3. The summed E-state index contributed by atoms with van der Waals surface area (Å²) in [5.41, 5.74) is 1.89. The molecule has 2 heterocycles. The zero-order valence-corrected chi connectivity index (χ0v) is 24.6. The number of aromatic nitrogens is 1. The molecule has 1 aromatic heterocycles. The van der Waals surface area contributed by atoms with E-state index in [0.29, 0.717) is 70.3 Å². The molecule has 1 aliphatic heterocycles. The first-order chi connectivity index (χ1) is 18.8. The smallest absolute Gasteiger partial charge is 0.270 e. The summed E-state index contributed by atoms with van der Waals surface area (Å²) in [5, 5.41) is 13.3. The van der Waals surface area contributed by atoms with Gasteiger partial charge < -0.3 is 19.5 Å². The van der Waals surface area contributed by atoms with E-state index >= 15 is 0 Å². The molecule has 1 N–H and O–H groups in total. The number of thioether (sulfide) groups is 1. The molecule has 0 saturated carbocycles. The number of hydrogen-bond acceptors (Lipinski definition) is 9. The third kappa shape index (κ3) is 6.82. The number of carbonyl (C=O) groups excluding carboxylic acids is 1. The number of carbonyl (C=O) groups is 1. The van der Waals surface area contributed by atoms with Crippen LogP contribution in [0.5, 0.6) is 11.5 Å². The van der Waals surface area contributed by atoms with Crippen LogP contribution >= 0.6 is 24.0 Å². The summed E-state index contributed by atoms with van der Waals surface area (Å²) >= 11 is 6.64. The number of methoxy groups -OCH3 is 3. The first-order valence-electron chi connectivity index (χ1n) is 12.7. The molecule has 9 nitrogen and oxygen atoms in total. The molecule has 1 aromatic carbocycles. The average Bonchev–Trinajstić information content (AvgIpc) is 3.20. The molecule has 1 saturated heterocycles. The van der Waals surface area contributed by atoms with Crippen LogP contribution in [0.4, 0.5) is 5.82 Å². The average molecular weight is 571 g/mol. The van der Waals surface area contributed by atoms with Crippen LogP contribution in [-0.2, 0) is 22.5 Å². The van der Waals surface area contributed by atoms with E-state index in [2.05, 4.69) is 11.4 Å². The van der Waals surface area contributed by atoms with Crippen molar-refractivity contribution in [1.82, 2.24) is 9.47 Å². The van der Waals surface area contributed by atoms with Crippen LogP contribution in [0, 0.1) is 18.3 Å². The van der Waals surface area contributed by atoms with Gasteiger partial charge in [-0.25, -0.2) is 0 Å². The maximum atomic E-state index is 13.3. The Morgan fingerprint density at radius 3 is 2.54 bits per heavy atom. The van der Waals surface area contributed by atoms with Crippen molar-refractivity contribution in [2.75, 3.05) is 46.3 Å². The van der Waals surface area contributed by atoms with Crippen LogP contribution in [0.25, 0.3) is 6.08 Å². The van der Waals surface area contributed by atoms with Gasteiger partial charge in [-0.2, -0.15) is 5.26 Å². The molecule has 2 aromatic rings. The van der Waals surface area contributed by atoms with E-state index < -0.39 is 0 Å². The molecule has 208 valence electrons. The van der Waals surface area contributed by atoms with Gasteiger partial charge in [0.15, 0.2) is 11.5 Å². The molecule has 0 unspecified atom stereocenters. The second kappa shape index (κ2) is 14.2. The second-order valence-electron chi connectivity index (χ2n) is 8.88. The standard InChI is InChI=1S/C28H34N4O5S2/c1-6-7-12-31-25(30-11-10-19-8-9-22(36-4)23(15-19)37-5)20(18(2)21(17-29)26(31)33)16-24-27(34)32(13-14-35-3)28(38)39-24/h8-9,15-16,30H,6-7,10-14H2,1-5H3/b24-16+. The van der Waals surface area contributed by atoms with E-state index in [0.717, 1.165) is 18.4 Å². The van der Waals surface area contributed by atoms with Crippen LogP contribution in [-0.4, -0.2) is 60.7 Å². The molecular formula is C28H34N4O5S2. The van der Waals surface area contributed by atoms with Gasteiger partial charge in [0.05, 0.1) is 32.3 Å². The van der Waals surface area contributed by atoms with Gasteiger partial charge in [-0.1, -0.05) is 43.4 Å². The van der Waals surface area contributed by atoms with E-state index in [-0.39, 0.29) is 17.0 Å². The third-order valence-electron chi connectivity index (χ3n) is 6.43. The maximum Gasteiger partial charge on any atom is 0.270 e. The lowest BCUT2D eigenvalue weighted by molar-refractivity contribution is -0.122. The number of nitriles is 1. The molecule has 1 aliphatic rings. The van der Waals surface area contributed by atoms with Gasteiger partial charge in [0.25, 0.3) is 11.5 Å². The second-order valence-corrected chi connectivity index (χ2v) is 10.6. The van der Waals surface area contributed by atoms with Crippen molar-refractivity contribution in [3.63, 3.8) is 0 Å². The number of amides is 1.